The van der Waals surface area contributed by atoms with Crippen molar-refractivity contribution in [2.45, 2.75) is 44.3 Å². The molecule has 4 rings (SSSR count). The van der Waals surface area contributed by atoms with Crippen molar-refractivity contribution in [3.8, 4) is 11.5 Å². The zero-order chi connectivity index (χ0) is 19.3. The average molecular weight is 381 g/mol. The summed E-state index contributed by atoms with van der Waals surface area (Å²) >= 11 is 0. The largest absolute Gasteiger partial charge is 0.497 e. The third-order valence-electron chi connectivity index (χ3n) is 6.58. The molecule has 2 aliphatic rings. The molecule has 2 aromatic carbocycles. The third kappa shape index (κ3) is 4.18. The number of fused-ring (bicyclic) bond motifs is 1. The van der Waals surface area contributed by atoms with Crippen LogP contribution in [0.4, 0.5) is 0 Å². The number of hydrogen-bond acceptors (Lipinski definition) is 4. The van der Waals surface area contributed by atoms with Gasteiger partial charge in [-0.15, -0.1) is 0 Å². The summed E-state index contributed by atoms with van der Waals surface area (Å²) in [5.74, 6) is 3.42. The van der Waals surface area contributed by atoms with Gasteiger partial charge in [-0.25, -0.2) is 0 Å². The molecule has 1 heterocycles. The van der Waals surface area contributed by atoms with Gasteiger partial charge in [0.15, 0.2) is 0 Å². The van der Waals surface area contributed by atoms with Gasteiger partial charge in [0.1, 0.15) is 11.5 Å². The summed E-state index contributed by atoms with van der Waals surface area (Å²) in [5.41, 5.74) is 2.51. The fraction of sp³-hybridized carbons (Fsp3) is 0.500. The van der Waals surface area contributed by atoms with E-state index in [0.717, 1.165) is 42.0 Å². The lowest BCUT2D eigenvalue weighted by molar-refractivity contribution is 0.331. The van der Waals surface area contributed by atoms with E-state index in [4.69, 9.17) is 9.47 Å². The lowest BCUT2D eigenvalue weighted by Gasteiger charge is -2.29. The first-order valence-electron chi connectivity index (χ1n) is 10.5. The standard InChI is InChI=1S/C24H32N2O2/c1-27-21-11-12-23(28-2)20(13-21)16-25-22-14-18-9-6-10-19(18)15-26-24(22)17-7-4-3-5-8-17/h3-5,7-8,11-13,18-19,22,24-26H,6,9-10,14-16H2,1-2H3. The molecule has 2 N–H and O–H groups in total. The van der Waals surface area contributed by atoms with Gasteiger partial charge in [-0.3, -0.25) is 0 Å². The fourth-order valence-corrected chi connectivity index (χ4v) is 5.05. The summed E-state index contributed by atoms with van der Waals surface area (Å²) in [6.45, 7) is 1.90. The maximum Gasteiger partial charge on any atom is 0.123 e. The first-order valence-corrected chi connectivity index (χ1v) is 10.5. The molecule has 0 aromatic heterocycles. The molecule has 1 aliphatic heterocycles. The molecule has 4 atom stereocenters. The smallest absolute Gasteiger partial charge is 0.123 e. The Morgan fingerprint density at radius 1 is 1.00 bits per heavy atom. The highest BCUT2D eigenvalue weighted by Gasteiger charge is 2.36. The van der Waals surface area contributed by atoms with Crippen molar-refractivity contribution < 1.29 is 9.47 Å². The van der Waals surface area contributed by atoms with Crippen LogP contribution in [0.15, 0.2) is 48.5 Å². The van der Waals surface area contributed by atoms with Gasteiger partial charge in [-0.2, -0.15) is 0 Å². The molecular formula is C24H32N2O2. The van der Waals surface area contributed by atoms with Crippen LogP contribution in [0.5, 0.6) is 11.5 Å². The highest BCUT2D eigenvalue weighted by Crippen LogP contribution is 2.39. The third-order valence-corrected chi connectivity index (χ3v) is 6.58. The molecule has 0 amide bonds. The van der Waals surface area contributed by atoms with Gasteiger partial charge >= 0.3 is 0 Å². The Morgan fingerprint density at radius 3 is 2.61 bits per heavy atom. The zero-order valence-electron chi connectivity index (χ0n) is 17.0. The average Bonchev–Trinajstić information content (AvgIpc) is 3.11. The van der Waals surface area contributed by atoms with E-state index in [-0.39, 0.29) is 0 Å². The van der Waals surface area contributed by atoms with Gasteiger partial charge in [0, 0.05) is 24.2 Å². The molecule has 4 unspecified atom stereocenters. The van der Waals surface area contributed by atoms with Crippen molar-refractivity contribution in [1.82, 2.24) is 10.6 Å². The van der Waals surface area contributed by atoms with E-state index in [1.165, 1.54) is 31.2 Å². The van der Waals surface area contributed by atoms with Crippen LogP contribution in [-0.4, -0.2) is 26.8 Å². The van der Waals surface area contributed by atoms with E-state index in [1.54, 1.807) is 14.2 Å². The summed E-state index contributed by atoms with van der Waals surface area (Å²) < 4.78 is 11.0. The summed E-state index contributed by atoms with van der Waals surface area (Å²) in [5, 5.41) is 7.76. The van der Waals surface area contributed by atoms with Gasteiger partial charge in [-0.1, -0.05) is 43.2 Å². The highest BCUT2D eigenvalue weighted by molar-refractivity contribution is 5.40. The van der Waals surface area contributed by atoms with Crippen LogP contribution in [0.2, 0.25) is 0 Å². The Morgan fingerprint density at radius 2 is 1.82 bits per heavy atom. The molecule has 0 bridgehead atoms. The Kier molecular flexibility index (Phi) is 6.18. The molecule has 0 spiro atoms. The molecule has 4 heteroatoms. The Bertz CT molecular complexity index is 764. The van der Waals surface area contributed by atoms with Crippen LogP contribution >= 0.6 is 0 Å². The summed E-state index contributed by atoms with van der Waals surface area (Å²) in [6, 6.07) is 17.6. The van der Waals surface area contributed by atoms with Gasteiger partial charge in [-0.05, 0) is 55.0 Å². The van der Waals surface area contributed by atoms with Crippen LogP contribution in [-0.2, 0) is 6.54 Å². The van der Waals surface area contributed by atoms with Crippen molar-refractivity contribution in [1.29, 1.82) is 0 Å². The van der Waals surface area contributed by atoms with E-state index in [9.17, 15) is 0 Å². The second-order valence-corrected chi connectivity index (χ2v) is 8.15. The maximum absolute atomic E-state index is 5.58. The molecule has 1 aliphatic carbocycles. The molecule has 2 aromatic rings. The van der Waals surface area contributed by atoms with Crippen molar-refractivity contribution in [3.05, 3.63) is 59.7 Å². The molecule has 1 saturated carbocycles. The topological polar surface area (TPSA) is 42.5 Å². The monoisotopic (exact) mass is 380 g/mol. The predicted octanol–water partition coefficient (Wildman–Crippen LogP) is 4.31. The summed E-state index contributed by atoms with van der Waals surface area (Å²) in [4.78, 5) is 0. The number of benzene rings is 2. The van der Waals surface area contributed by atoms with E-state index in [1.807, 2.05) is 12.1 Å². The van der Waals surface area contributed by atoms with E-state index in [0.29, 0.717) is 12.1 Å². The Hall–Kier alpha value is -2.04. The Labute approximate surface area is 168 Å². The predicted molar refractivity (Wildman–Crippen MR) is 113 cm³/mol. The van der Waals surface area contributed by atoms with E-state index in [2.05, 4.69) is 47.0 Å². The first kappa shape index (κ1) is 19.3. The maximum atomic E-state index is 5.58. The molecular weight excluding hydrogens is 348 g/mol. The number of hydrogen-bond donors (Lipinski definition) is 2. The SMILES string of the molecule is COc1ccc(OC)c(CNC2CC3CCCC3CNC2c2ccccc2)c1. The quantitative estimate of drug-likeness (QED) is 0.784. The Balaban J connectivity index is 1.55. The van der Waals surface area contributed by atoms with Crippen LogP contribution in [0.3, 0.4) is 0 Å². The van der Waals surface area contributed by atoms with Gasteiger partial charge in [0.05, 0.1) is 14.2 Å². The minimum atomic E-state index is 0.336. The zero-order valence-corrected chi connectivity index (χ0v) is 17.0. The van der Waals surface area contributed by atoms with Crippen molar-refractivity contribution in [2.75, 3.05) is 20.8 Å². The van der Waals surface area contributed by atoms with Crippen LogP contribution < -0.4 is 20.1 Å². The number of methoxy groups -OCH3 is 2. The van der Waals surface area contributed by atoms with Crippen LogP contribution in [0.1, 0.15) is 42.9 Å². The molecule has 1 saturated heterocycles. The highest BCUT2D eigenvalue weighted by atomic mass is 16.5. The van der Waals surface area contributed by atoms with Crippen LogP contribution in [0.25, 0.3) is 0 Å². The van der Waals surface area contributed by atoms with Crippen molar-refractivity contribution >= 4 is 0 Å². The lowest BCUT2D eigenvalue weighted by Crippen LogP contribution is -2.40. The summed E-state index contributed by atoms with van der Waals surface area (Å²) in [7, 11) is 3.44. The van der Waals surface area contributed by atoms with E-state index >= 15 is 0 Å². The van der Waals surface area contributed by atoms with Gasteiger partial charge in [0.25, 0.3) is 0 Å². The second-order valence-electron chi connectivity index (χ2n) is 8.15. The fourth-order valence-electron chi connectivity index (χ4n) is 5.05. The van der Waals surface area contributed by atoms with Crippen molar-refractivity contribution in [2.24, 2.45) is 11.8 Å². The summed E-state index contributed by atoms with van der Waals surface area (Å²) in [6.07, 6.45) is 5.34. The molecule has 28 heavy (non-hydrogen) atoms. The molecule has 4 nitrogen and oxygen atoms in total. The molecule has 150 valence electrons. The second kappa shape index (κ2) is 8.97. The number of ether oxygens (including phenoxy) is 2. The van der Waals surface area contributed by atoms with Gasteiger partial charge < -0.3 is 20.1 Å². The lowest BCUT2D eigenvalue weighted by atomic mass is 9.88. The minimum absolute atomic E-state index is 0.336. The normalized spacial score (nSPS) is 27.1. The minimum Gasteiger partial charge on any atom is -0.497 e. The first-order chi connectivity index (χ1) is 13.8. The van der Waals surface area contributed by atoms with E-state index < -0.39 is 0 Å². The van der Waals surface area contributed by atoms with Crippen molar-refractivity contribution in [3.63, 3.8) is 0 Å². The number of nitrogens with one attached hydrogen (secondary N) is 2. The van der Waals surface area contributed by atoms with Gasteiger partial charge in [0.2, 0.25) is 0 Å². The number of rotatable bonds is 6. The van der Waals surface area contributed by atoms with Crippen LogP contribution in [0, 0.1) is 11.8 Å². The molecule has 0 radical (unpaired) electrons. The molecule has 2 fully saturated rings.